The maximum absolute atomic E-state index is 5.28. The average Bonchev–Trinajstić information content (AvgIpc) is 2.11. The molecule has 2 heterocycles. The van der Waals surface area contributed by atoms with Gasteiger partial charge in [0.2, 0.25) is 0 Å². The van der Waals surface area contributed by atoms with Gasteiger partial charge in [-0.15, -0.1) is 0 Å². The summed E-state index contributed by atoms with van der Waals surface area (Å²) in [6, 6.07) is 0. The molecule has 13 heavy (non-hydrogen) atoms. The fourth-order valence-electron chi connectivity index (χ4n) is 1.49. The first kappa shape index (κ1) is 8.97. The molecule has 0 amide bonds. The van der Waals surface area contributed by atoms with Crippen LogP contribution in [0.4, 0.5) is 0 Å². The van der Waals surface area contributed by atoms with E-state index in [0.29, 0.717) is 13.2 Å². The van der Waals surface area contributed by atoms with Crippen molar-refractivity contribution in [1.82, 2.24) is 5.43 Å². The third-order valence-electron chi connectivity index (χ3n) is 2.50. The summed E-state index contributed by atoms with van der Waals surface area (Å²) in [5, 5.41) is 4.22. The van der Waals surface area contributed by atoms with Gasteiger partial charge in [-0.2, -0.15) is 5.10 Å². The Bertz CT molecular complexity index is 182. The Morgan fingerprint density at radius 3 is 2.62 bits per heavy atom. The molecule has 0 bridgehead atoms. The number of hydrogen-bond acceptors (Lipinski definition) is 4. The van der Waals surface area contributed by atoms with Crippen LogP contribution in [0.3, 0.4) is 0 Å². The van der Waals surface area contributed by atoms with Gasteiger partial charge in [-0.05, 0) is 18.8 Å². The molecule has 4 nitrogen and oxygen atoms in total. The van der Waals surface area contributed by atoms with Gasteiger partial charge in [0, 0.05) is 19.8 Å². The Morgan fingerprint density at radius 1 is 1.23 bits per heavy atom. The largest absolute Gasteiger partial charge is 0.381 e. The molecule has 2 fully saturated rings. The number of rotatable bonds is 3. The van der Waals surface area contributed by atoms with Crippen molar-refractivity contribution in [3.63, 3.8) is 0 Å². The quantitative estimate of drug-likeness (QED) is 0.645. The lowest BCUT2D eigenvalue weighted by Gasteiger charge is -2.22. The first-order chi connectivity index (χ1) is 6.45. The van der Waals surface area contributed by atoms with Crippen molar-refractivity contribution in [3.05, 3.63) is 0 Å². The molecule has 2 rings (SSSR count). The van der Waals surface area contributed by atoms with E-state index in [1.54, 1.807) is 0 Å². The summed E-state index contributed by atoms with van der Waals surface area (Å²) in [6.07, 6.45) is 2.32. The van der Waals surface area contributed by atoms with Crippen molar-refractivity contribution < 1.29 is 9.47 Å². The Labute approximate surface area is 78.3 Å². The molecule has 0 atom stereocenters. The van der Waals surface area contributed by atoms with Crippen LogP contribution in [0.2, 0.25) is 0 Å². The van der Waals surface area contributed by atoms with Gasteiger partial charge >= 0.3 is 0 Å². The summed E-state index contributed by atoms with van der Waals surface area (Å²) >= 11 is 0. The van der Waals surface area contributed by atoms with Crippen molar-refractivity contribution in [1.29, 1.82) is 0 Å². The second-order valence-corrected chi connectivity index (χ2v) is 3.59. The van der Waals surface area contributed by atoms with Crippen molar-refractivity contribution in [3.8, 4) is 0 Å². The Kier molecular flexibility index (Phi) is 3.16. The summed E-state index contributed by atoms with van der Waals surface area (Å²) in [7, 11) is 0. The van der Waals surface area contributed by atoms with E-state index in [0.717, 1.165) is 44.2 Å². The highest BCUT2D eigenvalue weighted by atomic mass is 16.5. The van der Waals surface area contributed by atoms with Crippen LogP contribution in [-0.2, 0) is 9.47 Å². The molecule has 4 heteroatoms. The van der Waals surface area contributed by atoms with E-state index in [4.69, 9.17) is 9.47 Å². The molecular weight excluding hydrogens is 168 g/mol. The zero-order valence-corrected chi connectivity index (χ0v) is 7.79. The smallest absolute Gasteiger partial charge is 0.0895 e. The molecule has 0 aromatic rings. The molecule has 0 saturated carbocycles. The highest BCUT2D eigenvalue weighted by molar-refractivity contribution is 5.90. The zero-order valence-electron chi connectivity index (χ0n) is 7.79. The van der Waals surface area contributed by atoms with Crippen molar-refractivity contribution in [2.75, 3.05) is 33.0 Å². The number of hydrazone groups is 1. The van der Waals surface area contributed by atoms with Crippen LogP contribution >= 0.6 is 0 Å². The van der Waals surface area contributed by atoms with E-state index in [1.165, 1.54) is 0 Å². The number of hydrogen-bond donors (Lipinski definition) is 1. The number of ether oxygens (including phenoxy) is 2. The van der Waals surface area contributed by atoms with Crippen molar-refractivity contribution in [2.24, 2.45) is 11.0 Å². The van der Waals surface area contributed by atoms with E-state index in [1.807, 2.05) is 0 Å². The molecule has 0 spiro atoms. The molecule has 0 radical (unpaired) electrons. The summed E-state index contributed by atoms with van der Waals surface area (Å²) in [4.78, 5) is 0. The van der Waals surface area contributed by atoms with Crippen LogP contribution in [0, 0.1) is 5.92 Å². The lowest BCUT2D eigenvalue weighted by Crippen LogP contribution is -2.32. The number of nitrogens with zero attached hydrogens (tertiary/aromatic N) is 1. The third kappa shape index (κ3) is 2.67. The second kappa shape index (κ2) is 4.58. The topological polar surface area (TPSA) is 42.9 Å². The van der Waals surface area contributed by atoms with Crippen LogP contribution in [0.25, 0.3) is 0 Å². The van der Waals surface area contributed by atoms with E-state index in [-0.39, 0.29) is 0 Å². The standard InChI is InChI=1S/C9H16N2O2/c1-3-12-4-2-8(1)5-10-11-9-6-13-7-9/h8,10H,1-7H2. The van der Waals surface area contributed by atoms with Gasteiger partial charge in [0.15, 0.2) is 0 Å². The predicted octanol–water partition coefficient (Wildman–Crippen LogP) is 0.389. The minimum absolute atomic E-state index is 0.709. The Morgan fingerprint density at radius 2 is 2.00 bits per heavy atom. The normalized spacial score (nSPS) is 23.8. The molecule has 2 aliphatic heterocycles. The molecular formula is C9H16N2O2. The summed E-state index contributed by atoms with van der Waals surface area (Å²) in [5.41, 5.74) is 4.24. The maximum Gasteiger partial charge on any atom is 0.0895 e. The number of nitrogens with one attached hydrogen (secondary N) is 1. The Hall–Kier alpha value is -0.610. The monoisotopic (exact) mass is 184 g/mol. The molecule has 1 N–H and O–H groups in total. The molecule has 2 aliphatic rings. The van der Waals surface area contributed by atoms with E-state index < -0.39 is 0 Å². The molecule has 0 aromatic carbocycles. The minimum Gasteiger partial charge on any atom is -0.381 e. The SMILES string of the molecule is C1CC(CNN=C2COC2)CCO1. The molecule has 74 valence electrons. The fraction of sp³-hybridized carbons (Fsp3) is 0.889. The van der Waals surface area contributed by atoms with Crippen LogP contribution in [0.5, 0.6) is 0 Å². The van der Waals surface area contributed by atoms with Crippen LogP contribution in [-0.4, -0.2) is 38.7 Å². The average molecular weight is 184 g/mol. The first-order valence-electron chi connectivity index (χ1n) is 4.89. The van der Waals surface area contributed by atoms with Gasteiger partial charge in [0.1, 0.15) is 0 Å². The van der Waals surface area contributed by atoms with Gasteiger partial charge in [-0.1, -0.05) is 0 Å². The predicted molar refractivity (Wildman–Crippen MR) is 49.8 cm³/mol. The van der Waals surface area contributed by atoms with Crippen molar-refractivity contribution in [2.45, 2.75) is 12.8 Å². The van der Waals surface area contributed by atoms with Crippen LogP contribution in [0.15, 0.2) is 5.10 Å². The highest BCUT2D eigenvalue weighted by Gasteiger charge is 2.14. The van der Waals surface area contributed by atoms with Crippen LogP contribution < -0.4 is 5.43 Å². The summed E-state index contributed by atoms with van der Waals surface area (Å²) in [6.45, 7) is 4.21. The van der Waals surface area contributed by atoms with Gasteiger partial charge in [0.05, 0.1) is 18.9 Å². The lowest BCUT2D eigenvalue weighted by atomic mass is 10.0. The molecule has 0 aliphatic carbocycles. The van der Waals surface area contributed by atoms with E-state index >= 15 is 0 Å². The molecule has 0 unspecified atom stereocenters. The van der Waals surface area contributed by atoms with E-state index in [2.05, 4.69) is 10.5 Å². The highest BCUT2D eigenvalue weighted by Crippen LogP contribution is 2.13. The Balaban J connectivity index is 1.60. The summed E-state index contributed by atoms with van der Waals surface area (Å²) in [5.74, 6) is 0.735. The van der Waals surface area contributed by atoms with Gasteiger partial charge < -0.3 is 14.9 Å². The minimum atomic E-state index is 0.709. The van der Waals surface area contributed by atoms with Gasteiger partial charge in [-0.25, -0.2) is 0 Å². The molecule has 0 aromatic heterocycles. The van der Waals surface area contributed by atoms with Gasteiger partial charge in [-0.3, -0.25) is 0 Å². The maximum atomic E-state index is 5.28. The second-order valence-electron chi connectivity index (χ2n) is 3.59. The first-order valence-corrected chi connectivity index (χ1v) is 4.89. The van der Waals surface area contributed by atoms with Gasteiger partial charge in [0.25, 0.3) is 0 Å². The fourth-order valence-corrected chi connectivity index (χ4v) is 1.49. The van der Waals surface area contributed by atoms with Crippen LogP contribution in [0.1, 0.15) is 12.8 Å². The zero-order chi connectivity index (χ0) is 8.93. The van der Waals surface area contributed by atoms with Crippen molar-refractivity contribution >= 4 is 5.71 Å². The lowest BCUT2D eigenvalue weighted by molar-refractivity contribution is 0.0663. The summed E-state index contributed by atoms with van der Waals surface area (Å²) < 4.78 is 10.3. The third-order valence-corrected chi connectivity index (χ3v) is 2.50. The van der Waals surface area contributed by atoms with E-state index in [9.17, 15) is 0 Å². The molecule has 2 saturated heterocycles.